The molecule has 1 aromatic carbocycles. The van der Waals surface area contributed by atoms with Gasteiger partial charge < -0.3 is 10.4 Å². The minimum atomic E-state index is -1.10. The van der Waals surface area contributed by atoms with Crippen LogP contribution in [0.4, 0.5) is 5.69 Å². The number of imide groups is 1. The molecule has 144 valence electrons. The predicted molar refractivity (Wildman–Crippen MR) is 105 cm³/mol. The quantitative estimate of drug-likeness (QED) is 0.487. The van der Waals surface area contributed by atoms with Gasteiger partial charge in [0.15, 0.2) is 0 Å². The Balaban J connectivity index is 1.71. The number of likely N-dealkylation sites (tertiary alicyclic amines) is 1. The van der Waals surface area contributed by atoms with Crippen LogP contribution in [0.1, 0.15) is 28.8 Å². The van der Waals surface area contributed by atoms with E-state index in [2.05, 4.69) is 37.2 Å². The monoisotopic (exact) mass is 500 g/mol. The second kappa shape index (κ2) is 7.71. The Labute approximate surface area is 172 Å². The lowest BCUT2D eigenvalue weighted by Crippen LogP contribution is -2.38. The summed E-state index contributed by atoms with van der Waals surface area (Å²) in [5, 5.41) is 11.7. The lowest BCUT2D eigenvalue weighted by atomic mass is 9.81. The highest BCUT2D eigenvalue weighted by atomic mass is 79.9. The molecule has 27 heavy (non-hydrogen) atoms. The number of rotatable bonds is 4. The van der Waals surface area contributed by atoms with E-state index in [0.29, 0.717) is 24.1 Å². The number of benzene rings is 1. The van der Waals surface area contributed by atoms with Gasteiger partial charge >= 0.3 is 5.97 Å². The number of hydrogen-bond acceptors (Lipinski definition) is 4. The topological polar surface area (TPSA) is 104 Å². The van der Waals surface area contributed by atoms with Crippen LogP contribution >= 0.6 is 31.9 Å². The van der Waals surface area contributed by atoms with Crippen molar-refractivity contribution < 1.29 is 24.3 Å². The average Bonchev–Trinajstić information content (AvgIpc) is 2.82. The average molecular weight is 502 g/mol. The number of nitrogens with one attached hydrogen (secondary N) is 1. The number of aromatic carboxylic acids is 1. The molecular weight excluding hydrogens is 484 g/mol. The minimum absolute atomic E-state index is 0.0435. The van der Waals surface area contributed by atoms with Gasteiger partial charge in [-0.05, 0) is 37.5 Å². The summed E-state index contributed by atoms with van der Waals surface area (Å²) in [6.07, 6.45) is 1.09. The fraction of sp³-hybridized carbons (Fsp3) is 0.444. The number of alkyl halides is 2. The van der Waals surface area contributed by atoms with Crippen LogP contribution in [0.5, 0.6) is 0 Å². The van der Waals surface area contributed by atoms with E-state index in [1.807, 2.05) is 0 Å². The molecule has 1 saturated carbocycles. The number of amides is 3. The number of carbonyl (C=O) groups is 4. The Morgan fingerprint density at radius 2 is 1.70 bits per heavy atom. The van der Waals surface area contributed by atoms with Crippen LogP contribution in [0, 0.1) is 18.8 Å². The van der Waals surface area contributed by atoms with E-state index >= 15 is 0 Å². The van der Waals surface area contributed by atoms with Crippen molar-refractivity contribution in [1.82, 2.24) is 4.90 Å². The van der Waals surface area contributed by atoms with Gasteiger partial charge in [-0.3, -0.25) is 19.3 Å². The SMILES string of the molecule is Cc1ccc(C(=O)O)cc1NC(=O)CN1C(=O)[C@H]2C[C@H](Br)[C@@H](Br)C[C@H]2C1=O. The first kappa shape index (κ1) is 20.0. The van der Waals surface area contributed by atoms with Crippen LogP contribution in [0.3, 0.4) is 0 Å². The number of anilines is 1. The summed E-state index contributed by atoms with van der Waals surface area (Å²) in [4.78, 5) is 49.9. The molecule has 0 aromatic heterocycles. The summed E-state index contributed by atoms with van der Waals surface area (Å²) in [6, 6.07) is 4.39. The number of carboxylic acids is 1. The van der Waals surface area contributed by atoms with E-state index in [1.165, 1.54) is 12.1 Å². The van der Waals surface area contributed by atoms with Crippen LogP contribution in [0.15, 0.2) is 18.2 Å². The molecule has 2 fully saturated rings. The number of fused-ring (bicyclic) bond motifs is 1. The van der Waals surface area contributed by atoms with Crippen LogP contribution in [-0.4, -0.2) is 49.9 Å². The van der Waals surface area contributed by atoms with Gasteiger partial charge in [0.1, 0.15) is 6.54 Å². The van der Waals surface area contributed by atoms with Crippen LogP contribution in [0.25, 0.3) is 0 Å². The predicted octanol–water partition coefficient (Wildman–Crippen LogP) is 2.55. The molecule has 1 heterocycles. The van der Waals surface area contributed by atoms with Crippen molar-refractivity contribution in [2.75, 3.05) is 11.9 Å². The van der Waals surface area contributed by atoms with Crippen molar-refractivity contribution in [2.45, 2.75) is 29.4 Å². The van der Waals surface area contributed by atoms with Gasteiger partial charge in [-0.1, -0.05) is 37.9 Å². The lowest BCUT2D eigenvalue weighted by molar-refractivity contribution is -0.142. The van der Waals surface area contributed by atoms with Gasteiger partial charge in [0.25, 0.3) is 0 Å². The first-order valence-corrected chi connectivity index (χ1v) is 10.3. The zero-order chi connectivity index (χ0) is 19.9. The summed E-state index contributed by atoms with van der Waals surface area (Å²) >= 11 is 7.05. The van der Waals surface area contributed by atoms with Crippen molar-refractivity contribution >= 4 is 61.2 Å². The number of carboxylic acid groups (broad SMARTS) is 1. The molecule has 0 bridgehead atoms. The first-order valence-electron chi connectivity index (χ1n) is 8.46. The van der Waals surface area contributed by atoms with Gasteiger partial charge in [-0.2, -0.15) is 0 Å². The number of carbonyl (C=O) groups excluding carboxylic acids is 3. The summed E-state index contributed by atoms with van der Waals surface area (Å²) < 4.78 is 0. The molecule has 2 N–H and O–H groups in total. The molecule has 0 radical (unpaired) electrons. The third-order valence-corrected chi connectivity index (χ3v) is 7.80. The van der Waals surface area contributed by atoms with Crippen molar-refractivity contribution in [3.63, 3.8) is 0 Å². The smallest absolute Gasteiger partial charge is 0.335 e. The molecule has 1 aliphatic carbocycles. The minimum Gasteiger partial charge on any atom is -0.478 e. The maximum atomic E-state index is 12.6. The van der Waals surface area contributed by atoms with E-state index in [1.54, 1.807) is 13.0 Å². The van der Waals surface area contributed by atoms with E-state index < -0.39 is 23.7 Å². The third-order valence-electron chi connectivity index (χ3n) is 5.06. The highest BCUT2D eigenvalue weighted by molar-refractivity contribution is 9.12. The zero-order valence-electron chi connectivity index (χ0n) is 14.4. The van der Waals surface area contributed by atoms with Crippen molar-refractivity contribution in [3.05, 3.63) is 29.3 Å². The highest BCUT2D eigenvalue weighted by Crippen LogP contribution is 2.43. The molecule has 2 aliphatic rings. The number of halogens is 2. The molecule has 0 spiro atoms. The Kier molecular flexibility index (Phi) is 5.71. The molecule has 3 rings (SSSR count). The molecule has 4 atom stereocenters. The molecular formula is C18H18Br2N2O5. The highest BCUT2D eigenvalue weighted by Gasteiger charge is 2.52. The Morgan fingerprint density at radius 3 is 2.22 bits per heavy atom. The van der Waals surface area contributed by atoms with Crippen molar-refractivity contribution in [2.24, 2.45) is 11.8 Å². The Bertz CT molecular complexity index is 800. The lowest BCUT2D eigenvalue weighted by Gasteiger charge is -2.29. The van der Waals surface area contributed by atoms with Gasteiger partial charge in [0.05, 0.1) is 17.4 Å². The first-order chi connectivity index (χ1) is 12.7. The molecule has 3 amide bonds. The van der Waals surface area contributed by atoms with Gasteiger partial charge in [-0.25, -0.2) is 4.79 Å². The summed E-state index contributed by atoms with van der Waals surface area (Å²) in [5.41, 5.74) is 1.07. The maximum Gasteiger partial charge on any atom is 0.335 e. The van der Waals surface area contributed by atoms with Crippen LogP contribution in [0.2, 0.25) is 0 Å². The van der Waals surface area contributed by atoms with Gasteiger partial charge in [0, 0.05) is 15.3 Å². The number of nitrogens with zero attached hydrogens (tertiary/aromatic N) is 1. The largest absolute Gasteiger partial charge is 0.478 e. The molecule has 9 heteroatoms. The fourth-order valence-corrected chi connectivity index (χ4v) is 4.78. The maximum absolute atomic E-state index is 12.6. The van der Waals surface area contributed by atoms with E-state index in [9.17, 15) is 19.2 Å². The number of aryl methyl sites for hydroxylation is 1. The van der Waals surface area contributed by atoms with Crippen LogP contribution in [-0.2, 0) is 14.4 Å². The zero-order valence-corrected chi connectivity index (χ0v) is 17.6. The van der Waals surface area contributed by atoms with Gasteiger partial charge in [-0.15, -0.1) is 0 Å². The molecule has 0 unspecified atom stereocenters. The summed E-state index contributed by atoms with van der Waals surface area (Å²) in [6.45, 7) is 1.36. The van der Waals surface area contributed by atoms with Crippen molar-refractivity contribution in [3.8, 4) is 0 Å². The molecule has 7 nitrogen and oxygen atoms in total. The summed E-state index contributed by atoms with van der Waals surface area (Å²) in [5.74, 6) is -3.08. The Morgan fingerprint density at radius 1 is 1.15 bits per heavy atom. The van der Waals surface area contributed by atoms with Gasteiger partial charge in [0.2, 0.25) is 17.7 Å². The van der Waals surface area contributed by atoms with E-state index in [0.717, 1.165) is 4.90 Å². The fourth-order valence-electron chi connectivity index (χ4n) is 3.54. The third kappa shape index (κ3) is 3.94. The Hall–Kier alpha value is -1.74. The molecule has 1 aliphatic heterocycles. The van der Waals surface area contributed by atoms with Crippen LogP contribution < -0.4 is 5.32 Å². The summed E-state index contributed by atoms with van der Waals surface area (Å²) in [7, 11) is 0. The van der Waals surface area contributed by atoms with E-state index in [4.69, 9.17) is 5.11 Å². The normalized spacial score (nSPS) is 27.4. The molecule has 1 aromatic rings. The van der Waals surface area contributed by atoms with E-state index in [-0.39, 0.29) is 33.6 Å². The second-order valence-corrected chi connectivity index (χ2v) is 9.21. The standard InChI is InChI=1S/C18H18Br2N2O5/c1-8-2-3-9(18(26)27)4-14(8)21-15(23)7-22-16(24)10-5-12(19)13(20)6-11(10)17(22)25/h2-4,10-13H,5-7H2,1H3,(H,21,23)(H,26,27)/t10-,11+,12-,13-/m0/s1. The second-order valence-electron chi connectivity index (χ2n) is 6.86. The number of hydrogen-bond donors (Lipinski definition) is 2. The molecule has 1 saturated heterocycles. The van der Waals surface area contributed by atoms with Crippen molar-refractivity contribution in [1.29, 1.82) is 0 Å².